The van der Waals surface area contributed by atoms with E-state index in [1.165, 1.54) is 11.1 Å². The minimum absolute atomic E-state index is 0.689. The first-order chi connectivity index (χ1) is 21.3. The van der Waals surface area contributed by atoms with Crippen molar-refractivity contribution in [2.24, 2.45) is 0 Å². The molecule has 0 fully saturated rings. The molecular formula is C38H23N5. The Morgan fingerprint density at radius 3 is 2.14 bits per heavy atom. The Balaban J connectivity index is 1.31. The van der Waals surface area contributed by atoms with Gasteiger partial charge in [-0.15, -0.1) is 0 Å². The summed E-state index contributed by atoms with van der Waals surface area (Å²) in [6, 6.07) is 44.2. The zero-order valence-corrected chi connectivity index (χ0v) is 23.0. The van der Waals surface area contributed by atoms with Crippen LogP contribution in [0.2, 0.25) is 0 Å². The molecule has 9 rings (SSSR count). The average Bonchev–Trinajstić information content (AvgIpc) is 3.08. The number of fused-ring (bicyclic) bond motifs is 5. The molecule has 1 aliphatic rings. The number of aromatic nitrogens is 4. The van der Waals surface area contributed by atoms with E-state index in [2.05, 4.69) is 114 Å². The summed E-state index contributed by atoms with van der Waals surface area (Å²) >= 11 is 0. The minimum atomic E-state index is 0.689. The van der Waals surface area contributed by atoms with Crippen LogP contribution in [-0.4, -0.2) is 19.9 Å². The highest BCUT2D eigenvalue weighted by Crippen LogP contribution is 2.50. The van der Waals surface area contributed by atoms with Crippen LogP contribution in [0.15, 0.2) is 140 Å². The van der Waals surface area contributed by atoms with Crippen molar-refractivity contribution in [3.05, 3.63) is 140 Å². The molecule has 0 unspecified atom stereocenters. The van der Waals surface area contributed by atoms with Gasteiger partial charge >= 0.3 is 0 Å². The molecule has 0 radical (unpaired) electrons. The van der Waals surface area contributed by atoms with E-state index in [4.69, 9.17) is 19.9 Å². The van der Waals surface area contributed by atoms with Crippen LogP contribution in [0.25, 0.3) is 66.2 Å². The van der Waals surface area contributed by atoms with Crippen molar-refractivity contribution in [1.29, 1.82) is 0 Å². The number of pyridine rings is 4. The molecule has 0 saturated carbocycles. The Labute approximate surface area is 247 Å². The molecule has 0 saturated heterocycles. The number of para-hydroxylation sites is 2. The molecule has 0 spiro atoms. The molecule has 0 aliphatic carbocycles. The maximum atomic E-state index is 5.24. The lowest BCUT2D eigenvalue weighted by molar-refractivity contribution is 1.14. The van der Waals surface area contributed by atoms with Crippen LogP contribution in [0.1, 0.15) is 0 Å². The lowest BCUT2D eigenvalue weighted by Crippen LogP contribution is -2.18. The Morgan fingerprint density at radius 1 is 0.488 bits per heavy atom. The maximum absolute atomic E-state index is 5.24. The molecule has 5 nitrogen and oxygen atoms in total. The summed E-state index contributed by atoms with van der Waals surface area (Å²) in [4.78, 5) is 22.1. The molecule has 0 atom stereocenters. The fraction of sp³-hybridized carbons (Fsp3) is 0. The van der Waals surface area contributed by atoms with Gasteiger partial charge in [0.2, 0.25) is 0 Å². The van der Waals surface area contributed by atoms with Gasteiger partial charge < -0.3 is 0 Å². The van der Waals surface area contributed by atoms with Gasteiger partial charge in [-0.2, -0.15) is 0 Å². The van der Waals surface area contributed by atoms with Crippen LogP contribution < -0.4 is 4.90 Å². The fourth-order valence-electron chi connectivity index (χ4n) is 6.33. The molecule has 1 aliphatic heterocycles. The summed E-state index contributed by atoms with van der Waals surface area (Å²) in [5.74, 6) is 1.59. The zero-order chi connectivity index (χ0) is 28.3. The normalized spacial score (nSPS) is 12.1. The molecule has 0 N–H and O–H groups in total. The number of hydrogen-bond acceptors (Lipinski definition) is 5. The van der Waals surface area contributed by atoms with Crippen molar-refractivity contribution in [2.75, 3.05) is 4.90 Å². The summed E-state index contributed by atoms with van der Waals surface area (Å²) < 4.78 is 0. The van der Waals surface area contributed by atoms with E-state index >= 15 is 0 Å². The number of rotatable bonds is 3. The predicted octanol–water partition coefficient (Wildman–Crippen LogP) is 9.51. The van der Waals surface area contributed by atoms with Gasteiger partial charge in [0.05, 0.1) is 22.3 Å². The summed E-state index contributed by atoms with van der Waals surface area (Å²) in [6.45, 7) is 0. The average molecular weight is 550 g/mol. The van der Waals surface area contributed by atoms with E-state index in [9.17, 15) is 0 Å². The lowest BCUT2D eigenvalue weighted by Gasteiger charge is -2.31. The van der Waals surface area contributed by atoms with Crippen LogP contribution in [0.5, 0.6) is 0 Å². The van der Waals surface area contributed by atoms with Crippen LogP contribution >= 0.6 is 0 Å². The molecule has 200 valence electrons. The second-order valence-corrected chi connectivity index (χ2v) is 10.7. The van der Waals surface area contributed by atoms with Gasteiger partial charge in [0.25, 0.3) is 0 Å². The first-order valence-electron chi connectivity index (χ1n) is 14.3. The van der Waals surface area contributed by atoms with Gasteiger partial charge in [-0.25, -0.2) is 15.0 Å². The Hall–Kier alpha value is -5.94. The van der Waals surface area contributed by atoms with Gasteiger partial charge in [0.1, 0.15) is 11.6 Å². The Kier molecular flexibility index (Phi) is 5.13. The number of anilines is 3. The van der Waals surface area contributed by atoms with Crippen molar-refractivity contribution in [3.8, 4) is 33.5 Å². The highest BCUT2D eigenvalue weighted by Gasteiger charge is 2.30. The molecule has 5 heterocycles. The summed E-state index contributed by atoms with van der Waals surface area (Å²) in [6.07, 6.45) is 3.70. The van der Waals surface area contributed by atoms with Crippen molar-refractivity contribution >= 4 is 50.0 Å². The van der Waals surface area contributed by atoms with Gasteiger partial charge in [-0.3, -0.25) is 9.88 Å². The first-order valence-corrected chi connectivity index (χ1v) is 14.3. The van der Waals surface area contributed by atoms with E-state index in [0.717, 1.165) is 66.8 Å². The van der Waals surface area contributed by atoms with Gasteiger partial charge in [0, 0.05) is 28.7 Å². The molecule has 43 heavy (non-hydrogen) atoms. The summed E-state index contributed by atoms with van der Waals surface area (Å²) in [5, 5.41) is 4.26. The summed E-state index contributed by atoms with van der Waals surface area (Å²) in [5.41, 5.74) is 9.14. The SMILES string of the molecule is c1ccc(-c2ccc(-c3cc(N4c5ccccc5-c5nccc6c5c4nc4ccccc46)nc4ncccc34)cc2)cc1. The van der Waals surface area contributed by atoms with Gasteiger partial charge in [-0.05, 0) is 64.0 Å². The first kappa shape index (κ1) is 23.7. The summed E-state index contributed by atoms with van der Waals surface area (Å²) in [7, 11) is 0. The van der Waals surface area contributed by atoms with Crippen LogP contribution in [-0.2, 0) is 0 Å². The number of nitrogens with zero attached hydrogens (tertiary/aromatic N) is 5. The van der Waals surface area contributed by atoms with E-state index < -0.39 is 0 Å². The molecule has 0 amide bonds. The Morgan fingerprint density at radius 2 is 1.23 bits per heavy atom. The topological polar surface area (TPSA) is 54.8 Å². The number of hydrogen-bond donors (Lipinski definition) is 0. The zero-order valence-electron chi connectivity index (χ0n) is 23.0. The van der Waals surface area contributed by atoms with E-state index in [1.54, 1.807) is 6.20 Å². The maximum Gasteiger partial charge on any atom is 0.162 e. The third-order valence-electron chi connectivity index (χ3n) is 8.31. The monoisotopic (exact) mass is 549 g/mol. The van der Waals surface area contributed by atoms with Crippen molar-refractivity contribution in [1.82, 2.24) is 19.9 Å². The second kappa shape index (κ2) is 9.29. The fourth-order valence-corrected chi connectivity index (χ4v) is 6.33. The molecule has 4 aromatic heterocycles. The van der Waals surface area contributed by atoms with E-state index in [1.807, 2.05) is 24.4 Å². The minimum Gasteiger partial charge on any atom is -0.278 e. The van der Waals surface area contributed by atoms with E-state index in [-0.39, 0.29) is 0 Å². The Bertz CT molecular complexity index is 2350. The van der Waals surface area contributed by atoms with Crippen LogP contribution in [0, 0.1) is 0 Å². The standard InChI is InChI=1S/C38H23N5/c1-2-9-24(10-3-1)25-16-18-26(19-17-25)31-23-34(42-37-29(31)13-8-21-40-37)43-33-15-7-5-12-30(33)36-35-28(20-22-39-36)27-11-4-6-14-32(27)41-38(35)43/h1-23H. The number of benzene rings is 4. The largest absolute Gasteiger partial charge is 0.278 e. The van der Waals surface area contributed by atoms with Crippen LogP contribution in [0.3, 0.4) is 0 Å². The van der Waals surface area contributed by atoms with Crippen LogP contribution in [0.4, 0.5) is 17.3 Å². The smallest absolute Gasteiger partial charge is 0.162 e. The molecule has 5 heteroatoms. The predicted molar refractivity (Wildman–Crippen MR) is 175 cm³/mol. The van der Waals surface area contributed by atoms with Gasteiger partial charge in [-0.1, -0.05) is 91.0 Å². The highest BCUT2D eigenvalue weighted by molar-refractivity contribution is 6.19. The van der Waals surface area contributed by atoms with E-state index in [0.29, 0.717) is 5.65 Å². The highest BCUT2D eigenvalue weighted by atomic mass is 15.3. The van der Waals surface area contributed by atoms with Crippen molar-refractivity contribution in [2.45, 2.75) is 0 Å². The second-order valence-electron chi connectivity index (χ2n) is 10.7. The molecule has 4 aromatic carbocycles. The third kappa shape index (κ3) is 3.65. The molecular weight excluding hydrogens is 526 g/mol. The van der Waals surface area contributed by atoms with Crippen molar-refractivity contribution < 1.29 is 0 Å². The molecule has 8 aromatic rings. The lowest BCUT2D eigenvalue weighted by atomic mass is 9.95. The van der Waals surface area contributed by atoms with Gasteiger partial charge in [0.15, 0.2) is 5.65 Å². The van der Waals surface area contributed by atoms with Crippen molar-refractivity contribution in [3.63, 3.8) is 0 Å². The third-order valence-corrected chi connectivity index (χ3v) is 8.31. The molecule has 0 bridgehead atoms. The quantitative estimate of drug-likeness (QED) is 0.205.